The Balaban J connectivity index is 2.40. The van der Waals surface area contributed by atoms with Crippen LogP contribution in [0.15, 0.2) is 36.4 Å². The lowest BCUT2D eigenvalue weighted by Crippen LogP contribution is -2.12. The van der Waals surface area contributed by atoms with E-state index in [2.05, 4.69) is 0 Å². The van der Waals surface area contributed by atoms with E-state index in [1.165, 1.54) is 0 Å². The lowest BCUT2D eigenvalue weighted by atomic mass is 10.1. The standard InChI is InChI=1S/C14H12F2N2O/c1-8-2-3-13(12(4-8)14(17)18)19-11-6-9(15)5-10(16)7-11/h2-7H,1H3,(H3,17,18). The zero-order chi connectivity index (χ0) is 14.0. The van der Waals surface area contributed by atoms with Crippen molar-refractivity contribution in [3.05, 3.63) is 59.2 Å². The minimum absolute atomic E-state index is 0.0175. The minimum Gasteiger partial charge on any atom is -0.456 e. The van der Waals surface area contributed by atoms with Crippen LogP contribution in [0.1, 0.15) is 11.1 Å². The molecule has 0 heterocycles. The van der Waals surface area contributed by atoms with E-state index in [0.717, 1.165) is 23.8 Å². The molecule has 0 unspecified atom stereocenters. The van der Waals surface area contributed by atoms with Gasteiger partial charge in [-0.15, -0.1) is 0 Å². The Kier molecular flexibility index (Phi) is 3.46. The molecule has 0 atom stereocenters. The van der Waals surface area contributed by atoms with E-state index in [-0.39, 0.29) is 17.3 Å². The van der Waals surface area contributed by atoms with Crippen LogP contribution in [0.5, 0.6) is 11.5 Å². The second-order valence-electron chi connectivity index (χ2n) is 4.12. The van der Waals surface area contributed by atoms with Crippen LogP contribution >= 0.6 is 0 Å². The number of nitrogens with two attached hydrogens (primary N) is 1. The van der Waals surface area contributed by atoms with Gasteiger partial charge in [0, 0.05) is 18.2 Å². The Morgan fingerprint density at radius 3 is 2.32 bits per heavy atom. The molecule has 0 bridgehead atoms. The third-order valence-electron chi connectivity index (χ3n) is 2.49. The predicted molar refractivity (Wildman–Crippen MR) is 68.6 cm³/mol. The Morgan fingerprint density at radius 2 is 1.74 bits per heavy atom. The number of aryl methyl sites for hydroxylation is 1. The lowest BCUT2D eigenvalue weighted by Gasteiger charge is -2.11. The monoisotopic (exact) mass is 262 g/mol. The van der Waals surface area contributed by atoms with Gasteiger partial charge in [0.25, 0.3) is 0 Å². The van der Waals surface area contributed by atoms with E-state index in [9.17, 15) is 8.78 Å². The normalized spacial score (nSPS) is 10.3. The van der Waals surface area contributed by atoms with Gasteiger partial charge in [0.05, 0.1) is 5.56 Å². The van der Waals surface area contributed by atoms with Gasteiger partial charge in [-0.2, -0.15) is 0 Å². The average Bonchev–Trinajstić information content (AvgIpc) is 2.30. The fraction of sp³-hybridized carbons (Fsp3) is 0.0714. The van der Waals surface area contributed by atoms with E-state index in [4.69, 9.17) is 15.9 Å². The van der Waals surface area contributed by atoms with Gasteiger partial charge in [0.15, 0.2) is 0 Å². The molecule has 0 radical (unpaired) electrons. The van der Waals surface area contributed by atoms with Crippen LogP contribution in [-0.4, -0.2) is 5.84 Å². The first-order valence-corrected chi connectivity index (χ1v) is 5.54. The molecule has 3 nitrogen and oxygen atoms in total. The van der Waals surface area contributed by atoms with Crippen LogP contribution in [0, 0.1) is 24.0 Å². The highest BCUT2D eigenvalue weighted by molar-refractivity contribution is 5.97. The molecule has 0 spiro atoms. The number of amidine groups is 1. The molecule has 3 N–H and O–H groups in total. The highest BCUT2D eigenvalue weighted by Gasteiger charge is 2.09. The van der Waals surface area contributed by atoms with Crippen molar-refractivity contribution < 1.29 is 13.5 Å². The van der Waals surface area contributed by atoms with Crippen molar-refractivity contribution in [1.29, 1.82) is 5.41 Å². The van der Waals surface area contributed by atoms with E-state index in [1.807, 2.05) is 6.92 Å². The van der Waals surface area contributed by atoms with Gasteiger partial charge in [0.1, 0.15) is 29.0 Å². The van der Waals surface area contributed by atoms with E-state index < -0.39 is 11.6 Å². The summed E-state index contributed by atoms with van der Waals surface area (Å²) in [5.74, 6) is -1.33. The minimum atomic E-state index is -0.730. The zero-order valence-electron chi connectivity index (χ0n) is 10.2. The maximum atomic E-state index is 13.1. The van der Waals surface area contributed by atoms with Crippen LogP contribution in [0.2, 0.25) is 0 Å². The Hall–Kier alpha value is -2.43. The molecule has 0 amide bonds. The molecular weight excluding hydrogens is 250 g/mol. The first-order valence-electron chi connectivity index (χ1n) is 5.54. The number of hydrogen-bond donors (Lipinski definition) is 2. The second kappa shape index (κ2) is 5.06. The molecule has 2 rings (SSSR count). The number of hydrogen-bond acceptors (Lipinski definition) is 2. The SMILES string of the molecule is Cc1ccc(Oc2cc(F)cc(F)c2)c(C(=N)N)c1. The predicted octanol–water partition coefficient (Wildman–Crippen LogP) is 3.35. The highest BCUT2D eigenvalue weighted by atomic mass is 19.1. The van der Waals surface area contributed by atoms with Crippen molar-refractivity contribution in [2.75, 3.05) is 0 Å². The van der Waals surface area contributed by atoms with Gasteiger partial charge >= 0.3 is 0 Å². The van der Waals surface area contributed by atoms with Crippen LogP contribution < -0.4 is 10.5 Å². The Morgan fingerprint density at radius 1 is 1.11 bits per heavy atom. The molecule has 2 aromatic carbocycles. The van der Waals surface area contributed by atoms with Crippen LogP contribution in [0.4, 0.5) is 8.78 Å². The lowest BCUT2D eigenvalue weighted by molar-refractivity contribution is 0.467. The molecule has 0 saturated carbocycles. The number of benzene rings is 2. The van der Waals surface area contributed by atoms with Crippen molar-refractivity contribution in [3.63, 3.8) is 0 Å². The molecule has 19 heavy (non-hydrogen) atoms. The fourth-order valence-corrected chi connectivity index (χ4v) is 1.66. The van der Waals surface area contributed by atoms with Crippen molar-refractivity contribution in [2.45, 2.75) is 6.92 Å². The van der Waals surface area contributed by atoms with E-state index in [1.54, 1.807) is 18.2 Å². The first kappa shape index (κ1) is 13.0. The third-order valence-corrected chi connectivity index (χ3v) is 2.49. The molecule has 98 valence electrons. The molecule has 2 aromatic rings. The summed E-state index contributed by atoms with van der Waals surface area (Å²) in [6, 6.07) is 7.92. The van der Waals surface area contributed by atoms with E-state index in [0.29, 0.717) is 5.56 Å². The number of nitrogens with one attached hydrogen (secondary N) is 1. The maximum absolute atomic E-state index is 13.1. The van der Waals surface area contributed by atoms with Crippen molar-refractivity contribution in [1.82, 2.24) is 0 Å². The molecule has 5 heteroatoms. The molecular formula is C14H12F2N2O. The van der Waals surface area contributed by atoms with Gasteiger partial charge in [-0.1, -0.05) is 11.6 Å². The molecule has 0 fully saturated rings. The zero-order valence-corrected chi connectivity index (χ0v) is 10.2. The average molecular weight is 262 g/mol. The van der Waals surface area contributed by atoms with Gasteiger partial charge in [0.2, 0.25) is 0 Å². The van der Waals surface area contributed by atoms with Crippen LogP contribution in [0.3, 0.4) is 0 Å². The Labute approximate surface area is 109 Å². The smallest absolute Gasteiger partial charge is 0.138 e. The number of halogens is 2. The summed E-state index contributed by atoms with van der Waals surface area (Å²) in [6.45, 7) is 1.85. The highest BCUT2D eigenvalue weighted by Crippen LogP contribution is 2.27. The van der Waals surface area contributed by atoms with Crippen LogP contribution in [-0.2, 0) is 0 Å². The first-order chi connectivity index (χ1) is 8.95. The Bertz CT molecular complexity index is 621. The van der Waals surface area contributed by atoms with E-state index >= 15 is 0 Å². The van der Waals surface area contributed by atoms with Gasteiger partial charge in [-0.3, -0.25) is 5.41 Å². The molecule has 0 aliphatic heterocycles. The van der Waals surface area contributed by atoms with Crippen molar-refractivity contribution in [2.24, 2.45) is 5.73 Å². The van der Waals surface area contributed by atoms with Crippen molar-refractivity contribution in [3.8, 4) is 11.5 Å². The molecule has 0 aliphatic rings. The van der Waals surface area contributed by atoms with Gasteiger partial charge in [-0.05, 0) is 19.1 Å². The summed E-state index contributed by atoms with van der Waals surface area (Å²) in [5, 5.41) is 7.47. The van der Waals surface area contributed by atoms with Gasteiger partial charge in [-0.25, -0.2) is 8.78 Å². The fourth-order valence-electron chi connectivity index (χ4n) is 1.66. The summed E-state index contributed by atoms with van der Waals surface area (Å²) >= 11 is 0. The molecule has 0 aliphatic carbocycles. The quantitative estimate of drug-likeness (QED) is 0.658. The summed E-state index contributed by atoms with van der Waals surface area (Å²) in [6.07, 6.45) is 0. The number of ether oxygens (including phenoxy) is 1. The summed E-state index contributed by atoms with van der Waals surface area (Å²) in [7, 11) is 0. The maximum Gasteiger partial charge on any atom is 0.138 e. The second-order valence-corrected chi connectivity index (χ2v) is 4.12. The number of nitrogen functional groups attached to an aromatic ring is 1. The van der Waals surface area contributed by atoms with Crippen molar-refractivity contribution >= 4 is 5.84 Å². The molecule has 0 aromatic heterocycles. The molecule has 0 saturated heterocycles. The topological polar surface area (TPSA) is 59.1 Å². The van der Waals surface area contributed by atoms with Crippen LogP contribution in [0.25, 0.3) is 0 Å². The van der Waals surface area contributed by atoms with Gasteiger partial charge < -0.3 is 10.5 Å². The summed E-state index contributed by atoms with van der Waals surface area (Å²) < 4.78 is 31.5. The third kappa shape index (κ3) is 3.07. The largest absolute Gasteiger partial charge is 0.456 e. The number of rotatable bonds is 3. The summed E-state index contributed by atoms with van der Waals surface area (Å²) in [4.78, 5) is 0. The summed E-state index contributed by atoms with van der Waals surface area (Å²) in [5.41, 5.74) is 6.74.